The van der Waals surface area contributed by atoms with Gasteiger partial charge in [-0.1, -0.05) is 0 Å². The molecule has 1 aliphatic heterocycles. The van der Waals surface area contributed by atoms with E-state index in [-0.39, 0.29) is 11.1 Å². The number of rotatable bonds is 4. The first-order valence-electron chi connectivity index (χ1n) is 6.55. The van der Waals surface area contributed by atoms with E-state index in [1.807, 2.05) is 0 Å². The Morgan fingerprint density at radius 2 is 1.57 bits per heavy atom. The molecule has 9 nitrogen and oxygen atoms in total. The van der Waals surface area contributed by atoms with Crippen LogP contribution < -0.4 is 5.73 Å². The normalized spacial score (nSPS) is 23.5. The minimum absolute atomic E-state index is 0.0311. The number of benzene rings is 1. The maximum atomic E-state index is 12.4. The summed E-state index contributed by atoms with van der Waals surface area (Å²) < 4.78 is 0. The molecule has 1 aromatic carbocycles. The zero-order valence-electron chi connectivity index (χ0n) is 11.8. The Balaban J connectivity index is 2.31. The molecule has 0 saturated carbocycles. The van der Waals surface area contributed by atoms with E-state index in [0.29, 0.717) is 0 Å². The zero-order chi connectivity index (χ0) is 17.4. The Bertz CT molecular complexity index is 685. The molecule has 1 aromatic rings. The fraction of sp³-hybridized carbons (Fsp3) is 0.286. The summed E-state index contributed by atoms with van der Waals surface area (Å²) in [5.74, 6) is -4.63. The van der Waals surface area contributed by atoms with E-state index in [2.05, 4.69) is 0 Å². The molecule has 2 atom stereocenters. The van der Waals surface area contributed by atoms with Crippen LogP contribution in [0, 0.1) is 0 Å². The average Bonchev–Trinajstić information content (AvgIpc) is 2.86. The van der Waals surface area contributed by atoms with Crippen LogP contribution in [0.4, 0.5) is 0 Å². The third-order valence-corrected chi connectivity index (χ3v) is 3.74. The zero-order valence-corrected chi connectivity index (χ0v) is 11.8. The van der Waals surface area contributed by atoms with Crippen molar-refractivity contribution in [1.82, 2.24) is 4.90 Å². The van der Waals surface area contributed by atoms with Gasteiger partial charge in [-0.05, 0) is 24.3 Å². The predicted octanol–water partition coefficient (Wildman–Crippen LogP) is -0.534. The van der Waals surface area contributed by atoms with E-state index in [1.54, 1.807) is 0 Å². The predicted molar refractivity (Wildman–Crippen MR) is 75.0 cm³/mol. The number of carboxylic acids is 3. The van der Waals surface area contributed by atoms with Gasteiger partial charge in [0.2, 0.25) is 0 Å². The van der Waals surface area contributed by atoms with Gasteiger partial charge in [0, 0.05) is 12.0 Å². The number of aliphatic carboxylic acids is 2. The highest BCUT2D eigenvalue weighted by atomic mass is 16.4. The quantitative estimate of drug-likeness (QED) is 0.575. The van der Waals surface area contributed by atoms with Gasteiger partial charge in [0.15, 0.2) is 0 Å². The average molecular weight is 322 g/mol. The second-order valence-corrected chi connectivity index (χ2v) is 5.34. The monoisotopic (exact) mass is 322 g/mol. The number of carbonyl (C=O) groups excluding carboxylic acids is 1. The molecule has 0 bridgehead atoms. The molecule has 1 amide bonds. The van der Waals surface area contributed by atoms with Crippen molar-refractivity contribution in [3.63, 3.8) is 0 Å². The second kappa shape index (κ2) is 5.69. The summed E-state index contributed by atoms with van der Waals surface area (Å²) in [5, 5.41) is 27.1. The van der Waals surface area contributed by atoms with Crippen molar-refractivity contribution in [3.8, 4) is 0 Å². The summed E-state index contributed by atoms with van der Waals surface area (Å²) in [4.78, 5) is 46.6. The van der Waals surface area contributed by atoms with Crippen molar-refractivity contribution in [2.45, 2.75) is 18.0 Å². The molecule has 0 radical (unpaired) electrons. The van der Waals surface area contributed by atoms with Gasteiger partial charge < -0.3 is 26.0 Å². The van der Waals surface area contributed by atoms with Crippen molar-refractivity contribution >= 4 is 23.8 Å². The van der Waals surface area contributed by atoms with E-state index in [0.717, 1.165) is 4.90 Å². The number of carbonyl (C=O) groups is 4. The smallest absolute Gasteiger partial charge is 0.335 e. The number of hydrogen-bond donors (Lipinski definition) is 4. The highest BCUT2D eigenvalue weighted by Crippen LogP contribution is 2.27. The molecular weight excluding hydrogens is 308 g/mol. The number of aromatic carboxylic acids is 1. The lowest BCUT2D eigenvalue weighted by Crippen LogP contribution is -2.50. The van der Waals surface area contributed by atoms with Crippen molar-refractivity contribution in [2.75, 3.05) is 6.54 Å². The van der Waals surface area contributed by atoms with E-state index in [9.17, 15) is 24.3 Å². The summed E-state index contributed by atoms with van der Waals surface area (Å²) in [5.41, 5.74) is 3.85. The molecule has 0 aliphatic carbocycles. The molecule has 0 spiro atoms. The molecule has 1 saturated heterocycles. The number of hydrogen-bond acceptors (Lipinski definition) is 5. The Labute approximate surface area is 129 Å². The van der Waals surface area contributed by atoms with Gasteiger partial charge in [-0.2, -0.15) is 0 Å². The molecule has 2 rings (SSSR count). The van der Waals surface area contributed by atoms with E-state index in [4.69, 9.17) is 15.9 Å². The number of amides is 1. The highest BCUT2D eigenvalue weighted by molar-refractivity contribution is 5.99. The summed E-state index contributed by atoms with van der Waals surface area (Å²) in [6.07, 6.45) is -0.406. The van der Waals surface area contributed by atoms with Crippen molar-refractivity contribution in [2.24, 2.45) is 5.73 Å². The van der Waals surface area contributed by atoms with Crippen LogP contribution in [0.5, 0.6) is 0 Å². The molecular formula is C14H14N2O7. The van der Waals surface area contributed by atoms with Crippen LogP contribution in [0.15, 0.2) is 24.3 Å². The maximum Gasteiger partial charge on any atom is 0.335 e. The first kappa shape index (κ1) is 16.4. The first-order valence-corrected chi connectivity index (χ1v) is 6.55. The summed E-state index contributed by atoms with van der Waals surface area (Å²) >= 11 is 0. The van der Waals surface area contributed by atoms with Gasteiger partial charge in [0.25, 0.3) is 5.91 Å². The van der Waals surface area contributed by atoms with Crippen LogP contribution >= 0.6 is 0 Å². The van der Waals surface area contributed by atoms with Gasteiger partial charge in [-0.15, -0.1) is 0 Å². The Kier molecular flexibility index (Phi) is 4.06. The van der Waals surface area contributed by atoms with E-state index < -0.39 is 48.4 Å². The van der Waals surface area contributed by atoms with Crippen LogP contribution in [0.3, 0.4) is 0 Å². The Hall–Kier alpha value is -2.94. The molecule has 0 unspecified atom stereocenters. The van der Waals surface area contributed by atoms with Gasteiger partial charge in [0.05, 0.1) is 12.1 Å². The van der Waals surface area contributed by atoms with Gasteiger partial charge in [-0.3, -0.25) is 9.59 Å². The molecule has 23 heavy (non-hydrogen) atoms. The van der Waals surface area contributed by atoms with Crippen molar-refractivity contribution in [3.05, 3.63) is 35.4 Å². The summed E-state index contributed by atoms with van der Waals surface area (Å²) in [6, 6.07) is 3.52. The van der Waals surface area contributed by atoms with Crippen molar-refractivity contribution in [1.29, 1.82) is 0 Å². The Morgan fingerprint density at radius 1 is 1.04 bits per heavy atom. The summed E-state index contributed by atoms with van der Waals surface area (Å²) in [7, 11) is 0. The fourth-order valence-corrected chi connectivity index (χ4v) is 2.44. The van der Waals surface area contributed by atoms with E-state index in [1.165, 1.54) is 24.3 Å². The number of carboxylic acid groups (broad SMARTS) is 3. The van der Waals surface area contributed by atoms with Gasteiger partial charge in [0.1, 0.15) is 11.6 Å². The van der Waals surface area contributed by atoms with E-state index >= 15 is 0 Å². The number of nitrogens with zero attached hydrogens (tertiary/aromatic N) is 1. The topological polar surface area (TPSA) is 158 Å². The lowest BCUT2D eigenvalue weighted by Gasteiger charge is -2.22. The fourth-order valence-electron chi connectivity index (χ4n) is 2.44. The molecule has 1 heterocycles. The van der Waals surface area contributed by atoms with Crippen LogP contribution in [0.1, 0.15) is 27.1 Å². The molecule has 5 N–H and O–H groups in total. The third-order valence-electron chi connectivity index (χ3n) is 3.74. The molecule has 0 aromatic heterocycles. The number of likely N-dealkylation sites (tertiary alicyclic amines) is 1. The highest BCUT2D eigenvalue weighted by Gasteiger charge is 2.51. The molecule has 9 heteroatoms. The van der Waals surface area contributed by atoms with Crippen LogP contribution in [-0.4, -0.2) is 62.2 Å². The molecule has 1 aliphatic rings. The van der Waals surface area contributed by atoms with Crippen molar-refractivity contribution < 1.29 is 34.5 Å². The standard InChI is InChI=1S/C14H14N2O7/c15-14(13(22)23)5-9(12(20)21)16(6-14)10(17)7-1-3-8(4-2-7)11(18)19/h1-4,9H,5-6,15H2,(H,18,19)(H,20,21)(H,22,23)/t9-,14-/m0/s1. The number of nitrogens with two attached hydrogens (primary N) is 1. The van der Waals surface area contributed by atoms with Gasteiger partial charge in [-0.25, -0.2) is 9.59 Å². The van der Waals surface area contributed by atoms with Crippen LogP contribution in [-0.2, 0) is 9.59 Å². The Morgan fingerprint density at radius 3 is 2.00 bits per heavy atom. The molecule has 122 valence electrons. The van der Waals surface area contributed by atoms with Crippen LogP contribution in [0.25, 0.3) is 0 Å². The van der Waals surface area contributed by atoms with Crippen LogP contribution in [0.2, 0.25) is 0 Å². The largest absolute Gasteiger partial charge is 0.480 e. The minimum atomic E-state index is -1.83. The third kappa shape index (κ3) is 2.99. The molecule has 1 fully saturated rings. The van der Waals surface area contributed by atoms with Gasteiger partial charge >= 0.3 is 17.9 Å². The maximum absolute atomic E-state index is 12.4. The second-order valence-electron chi connectivity index (χ2n) is 5.34. The minimum Gasteiger partial charge on any atom is -0.480 e. The SMILES string of the molecule is N[C@@]1(C(=O)O)C[C@@H](C(=O)O)N(C(=O)c2ccc(C(=O)O)cc2)C1. The first-order chi connectivity index (χ1) is 10.7. The lowest BCUT2D eigenvalue weighted by molar-refractivity contribution is -0.143. The lowest BCUT2D eigenvalue weighted by atomic mass is 9.98. The summed E-state index contributed by atoms with van der Waals surface area (Å²) in [6.45, 7) is -0.446.